The van der Waals surface area contributed by atoms with Gasteiger partial charge in [-0.25, -0.2) is 0 Å². The first-order chi connectivity index (χ1) is 18.2. The molecular formula is C28H22O8S2. The summed E-state index contributed by atoms with van der Waals surface area (Å²) >= 11 is 0. The molecule has 8 nitrogen and oxygen atoms in total. The van der Waals surface area contributed by atoms with Gasteiger partial charge in [-0.15, -0.1) is 0 Å². The maximum atomic E-state index is 12.5. The lowest BCUT2D eigenvalue weighted by atomic mass is 10.0. The fourth-order valence-electron chi connectivity index (χ4n) is 3.45. The van der Waals surface area contributed by atoms with E-state index in [0.717, 1.165) is 11.1 Å². The van der Waals surface area contributed by atoms with E-state index < -0.39 is 20.2 Å². The monoisotopic (exact) mass is 550 g/mol. The zero-order valence-corrected chi connectivity index (χ0v) is 21.3. The van der Waals surface area contributed by atoms with Crippen molar-refractivity contribution < 1.29 is 35.4 Å². The second-order valence-electron chi connectivity index (χ2n) is 7.84. The smallest absolute Gasteiger partial charge is 0.339 e. The largest absolute Gasteiger partial charge is 0.512 e. The van der Waals surface area contributed by atoms with Crippen LogP contribution in [0.15, 0.2) is 132 Å². The summed E-state index contributed by atoms with van der Waals surface area (Å²) in [6, 6.07) is 28.3. The SMILES string of the molecule is O=S(=O)(OC(=CO)c1ccc(-c2ccc(C(=CO)OS(=O)(=O)c3ccccc3)cc2)cc1)c1ccccc1. The molecule has 4 aromatic carbocycles. The van der Waals surface area contributed by atoms with Crippen LogP contribution in [0.4, 0.5) is 0 Å². The first-order valence-electron chi connectivity index (χ1n) is 11.1. The van der Waals surface area contributed by atoms with Gasteiger partial charge in [-0.1, -0.05) is 84.9 Å². The summed E-state index contributed by atoms with van der Waals surface area (Å²) in [4.78, 5) is -0.0965. The summed E-state index contributed by atoms with van der Waals surface area (Å²) in [7, 11) is -8.27. The lowest BCUT2D eigenvalue weighted by molar-refractivity contribution is 0.424. The van der Waals surface area contributed by atoms with Crippen LogP contribution < -0.4 is 0 Å². The van der Waals surface area contributed by atoms with E-state index in [9.17, 15) is 27.0 Å². The van der Waals surface area contributed by atoms with Crippen LogP contribution in [0.1, 0.15) is 11.1 Å². The van der Waals surface area contributed by atoms with E-state index in [1.807, 2.05) is 0 Å². The van der Waals surface area contributed by atoms with E-state index in [1.54, 1.807) is 84.9 Å². The average Bonchev–Trinajstić information content (AvgIpc) is 2.96. The Morgan fingerprint density at radius 3 is 1.11 bits per heavy atom. The Hall–Kier alpha value is -4.54. The van der Waals surface area contributed by atoms with Gasteiger partial charge in [-0.2, -0.15) is 16.8 Å². The summed E-state index contributed by atoms with van der Waals surface area (Å²) in [6.07, 6.45) is 1.16. The summed E-state index contributed by atoms with van der Waals surface area (Å²) in [5.74, 6) is -0.490. The Morgan fingerprint density at radius 2 is 0.816 bits per heavy atom. The first-order valence-corrected chi connectivity index (χ1v) is 13.9. The van der Waals surface area contributed by atoms with E-state index in [2.05, 4.69) is 0 Å². The molecule has 4 aromatic rings. The van der Waals surface area contributed by atoms with E-state index in [0.29, 0.717) is 23.7 Å². The van der Waals surface area contributed by atoms with Crippen molar-refractivity contribution in [1.82, 2.24) is 0 Å². The topological polar surface area (TPSA) is 127 Å². The molecule has 0 aliphatic rings. The van der Waals surface area contributed by atoms with E-state index >= 15 is 0 Å². The van der Waals surface area contributed by atoms with Crippen molar-refractivity contribution in [3.8, 4) is 11.1 Å². The van der Waals surface area contributed by atoms with Crippen LogP contribution in [0.25, 0.3) is 22.6 Å². The van der Waals surface area contributed by atoms with Gasteiger partial charge < -0.3 is 18.6 Å². The highest BCUT2D eigenvalue weighted by Gasteiger charge is 2.20. The van der Waals surface area contributed by atoms with Crippen LogP contribution in [0.2, 0.25) is 0 Å². The first kappa shape index (κ1) is 26.5. The number of aliphatic hydroxyl groups is 2. The molecule has 4 rings (SSSR count). The Bertz CT molecular complexity index is 1530. The van der Waals surface area contributed by atoms with Gasteiger partial charge in [0.05, 0.1) is 0 Å². The van der Waals surface area contributed by atoms with Crippen molar-refractivity contribution in [2.45, 2.75) is 9.79 Å². The maximum absolute atomic E-state index is 12.5. The fraction of sp³-hybridized carbons (Fsp3) is 0. The molecule has 2 N–H and O–H groups in total. The molecule has 0 heterocycles. The molecule has 0 bridgehead atoms. The molecule has 0 radical (unpaired) electrons. The van der Waals surface area contributed by atoms with Gasteiger partial charge in [0.2, 0.25) is 0 Å². The van der Waals surface area contributed by atoms with Gasteiger partial charge in [0, 0.05) is 11.1 Å². The predicted molar refractivity (Wildman–Crippen MR) is 143 cm³/mol. The zero-order chi connectivity index (χ0) is 27.2. The van der Waals surface area contributed by atoms with Gasteiger partial charge in [0.15, 0.2) is 11.5 Å². The Balaban J connectivity index is 1.50. The minimum atomic E-state index is -4.14. The molecule has 0 saturated heterocycles. The average molecular weight is 551 g/mol. The molecule has 0 amide bonds. The van der Waals surface area contributed by atoms with Crippen LogP contribution >= 0.6 is 0 Å². The van der Waals surface area contributed by atoms with Gasteiger partial charge in [-0.05, 0) is 35.4 Å². The summed E-state index contributed by atoms with van der Waals surface area (Å²) in [5.41, 5.74) is 2.15. The number of hydrogen-bond acceptors (Lipinski definition) is 8. The highest BCUT2D eigenvalue weighted by atomic mass is 32.2. The maximum Gasteiger partial charge on any atom is 0.339 e. The Morgan fingerprint density at radius 1 is 0.500 bits per heavy atom. The van der Waals surface area contributed by atoms with E-state index in [-0.39, 0.29) is 21.3 Å². The van der Waals surface area contributed by atoms with Crippen LogP contribution in [-0.2, 0) is 28.6 Å². The van der Waals surface area contributed by atoms with Gasteiger partial charge in [-0.3, -0.25) is 0 Å². The molecule has 194 valence electrons. The predicted octanol–water partition coefficient (Wildman–Crippen LogP) is 5.88. The minimum absolute atomic E-state index is 0.0482. The highest BCUT2D eigenvalue weighted by molar-refractivity contribution is 7.87. The van der Waals surface area contributed by atoms with Crippen LogP contribution in [0.3, 0.4) is 0 Å². The molecule has 0 aromatic heterocycles. The normalized spacial score (nSPS) is 12.6. The lowest BCUT2D eigenvalue weighted by Crippen LogP contribution is -2.06. The lowest BCUT2D eigenvalue weighted by Gasteiger charge is -2.12. The number of hydrogen-bond donors (Lipinski definition) is 2. The van der Waals surface area contributed by atoms with Crippen LogP contribution in [0.5, 0.6) is 0 Å². The summed E-state index contributed by atoms with van der Waals surface area (Å²) in [6.45, 7) is 0. The Kier molecular flexibility index (Phi) is 7.85. The van der Waals surface area contributed by atoms with Crippen molar-refractivity contribution in [2.24, 2.45) is 0 Å². The van der Waals surface area contributed by atoms with Gasteiger partial charge >= 0.3 is 20.2 Å². The third-order valence-corrected chi connectivity index (χ3v) is 7.87. The molecular weight excluding hydrogens is 528 g/mol. The van der Waals surface area contributed by atoms with Crippen molar-refractivity contribution in [3.05, 3.63) is 133 Å². The van der Waals surface area contributed by atoms with Gasteiger partial charge in [0.25, 0.3) is 0 Å². The Labute approximate surface area is 220 Å². The molecule has 0 aliphatic heterocycles. The molecule has 38 heavy (non-hydrogen) atoms. The second-order valence-corrected chi connectivity index (χ2v) is 10.9. The fourth-order valence-corrected chi connectivity index (χ4v) is 5.37. The third kappa shape index (κ3) is 6.05. The second kappa shape index (κ2) is 11.2. The highest BCUT2D eigenvalue weighted by Crippen LogP contribution is 2.28. The van der Waals surface area contributed by atoms with Crippen molar-refractivity contribution >= 4 is 31.8 Å². The van der Waals surface area contributed by atoms with E-state index in [4.69, 9.17) is 8.37 Å². The number of benzene rings is 4. The molecule has 0 fully saturated rings. The standard InChI is InChI=1S/C28H22O8S2/c29-19-27(35-37(31,32)25-7-3-1-4-8-25)23-15-11-21(12-16-23)22-13-17-24(18-14-22)28(20-30)36-38(33,34)26-9-5-2-6-10-26/h1-20,29-30H. The van der Waals surface area contributed by atoms with Crippen molar-refractivity contribution in [3.63, 3.8) is 0 Å². The van der Waals surface area contributed by atoms with Crippen molar-refractivity contribution in [1.29, 1.82) is 0 Å². The van der Waals surface area contributed by atoms with Crippen LogP contribution in [0, 0.1) is 0 Å². The van der Waals surface area contributed by atoms with Gasteiger partial charge in [0.1, 0.15) is 22.3 Å². The molecule has 0 aliphatic carbocycles. The zero-order valence-electron chi connectivity index (χ0n) is 19.7. The molecule has 0 unspecified atom stereocenters. The number of rotatable bonds is 9. The minimum Gasteiger partial charge on any atom is -0.512 e. The molecule has 0 spiro atoms. The summed E-state index contributed by atoms with van der Waals surface area (Å²) in [5, 5.41) is 19.2. The van der Waals surface area contributed by atoms with Crippen molar-refractivity contribution in [2.75, 3.05) is 0 Å². The number of aliphatic hydroxyl groups excluding tert-OH is 2. The van der Waals surface area contributed by atoms with E-state index in [1.165, 1.54) is 24.3 Å². The third-order valence-electron chi connectivity index (χ3n) is 5.37. The van der Waals surface area contributed by atoms with Crippen LogP contribution in [-0.4, -0.2) is 27.0 Å². The quantitative estimate of drug-likeness (QED) is 0.195. The molecule has 0 saturated carbocycles. The molecule has 0 atom stereocenters. The summed E-state index contributed by atoms with van der Waals surface area (Å²) < 4.78 is 60.2. The molecule has 10 heteroatoms.